The molecule has 1 aromatic heterocycles. The molecule has 1 aliphatic rings. The molecule has 1 saturated heterocycles. The van der Waals surface area contributed by atoms with Crippen LogP contribution in [0.4, 0.5) is 0 Å². The van der Waals surface area contributed by atoms with Crippen LogP contribution in [-0.4, -0.2) is 36.1 Å². The Morgan fingerprint density at radius 1 is 1.47 bits per heavy atom. The van der Waals surface area contributed by atoms with Crippen LogP contribution in [0.1, 0.15) is 31.2 Å². The largest absolute Gasteiger partial charge is 0.310 e. The Morgan fingerprint density at radius 2 is 2.29 bits per heavy atom. The number of hydrogen-bond acceptors (Lipinski definition) is 4. The van der Waals surface area contributed by atoms with Gasteiger partial charge >= 0.3 is 0 Å². The molecule has 0 atom stereocenters. The van der Waals surface area contributed by atoms with E-state index in [2.05, 4.69) is 22.1 Å². The standard InChI is InChI=1S/C13H23N3S/c1-12-3-8-16(9-4-12)7-2-5-14-11-13-15-6-10-17-13/h6,10,12,14H,2-5,7-9,11H2,1H3. The van der Waals surface area contributed by atoms with Crippen molar-refractivity contribution in [3.8, 4) is 0 Å². The summed E-state index contributed by atoms with van der Waals surface area (Å²) < 4.78 is 0. The second-order valence-corrected chi connectivity index (χ2v) is 5.96. The van der Waals surface area contributed by atoms with Crippen LogP contribution in [0, 0.1) is 5.92 Å². The Bertz CT molecular complexity index is 292. The fourth-order valence-electron chi connectivity index (χ4n) is 2.25. The number of nitrogens with zero attached hydrogens (tertiary/aromatic N) is 2. The molecule has 0 radical (unpaired) electrons. The van der Waals surface area contributed by atoms with E-state index in [0.717, 1.165) is 19.0 Å². The highest BCUT2D eigenvalue weighted by molar-refractivity contribution is 7.09. The van der Waals surface area contributed by atoms with Crippen molar-refractivity contribution in [2.75, 3.05) is 26.2 Å². The Balaban J connectivity index is 1.49. The molecule has 96 valence electrons. The summed E-state index contributed by atoms with van der Waals surface area (Å²) in [5, 5.41) is 6.68. The number of thiazole rings is 1. The predicted octanol–water partition coefficient (Wildman–Crippen LogP) is 2.35. The van der Waals surface area contributed by atoms with Crippen molar-refractivity contribution < 1.29 is 0 Å². The van der Waals surface area contributed by atoms with Crippen molar-refractivity contribution >= 4 is 11.3 Å². The molecule has 0 unspecified atom stereocenters. The van der Waals surface area contributed by atoms with Gasteiger partial charge in [-0.05, 0) is 51.4 Å². The lowest BCUT2D eigenvalue weighted by atomic mass is 9.99. The fraction of sp³-hybridized carbons (Fsp3) is 0.769. The lowest BCUT2D eigenvalue weighted by Gasteiger charge is -2.30. The first kappa shape index (κ1) is 13.0. The van der Waals surface area contributed by atoms with Gasteiger partial charge in [0.25, 0.3) is 0 Å². The van der Waals surface area contributed by atoms with E-state index in [1.165, 1.54) is 43.9 Å². The van der Waals surface area contributed by atoms with Gasteiger partial charge in [0.1, 0.15) is 5.01 Å². The summed E-state index contributed by atoms with van der Waals surface area (Å²) in [5.41, 5.74) is 0. The van der Waals surface area contributed by atoms with Crippen LogP contribution in [0.25, 0.3) is 0 Å². The minimum atomic E-state index is 0.925. The van der Waals surface area contributed by atoms with Gasteiger partial charge in [0.05, 0.1) is 0 Å². The summed E-state index contributed by atoms with van der Waals surface area (Å²) in [6, 6.07) is 0. The van der Waals surface area contributed by atoms with E-state index in [4.69, 9.17) is 0 Å². The van der Waals surface area contributed by atoms with E-state index in [9.17, 15) is 0 Å². The van der Waals surface area contributed by atoms with Gasteiger partial charge in [-0.3, -0.25) is 0 Å². The van der Waals surface area contributed by atoms with Gasteiger partial charge in [0.2, 0.25) is 0 Å². The summed E-state index contributed by atoms with van der Waals surface area (Å²) in [4.78, 5) is 6.86. The van der Waals surface area contributed by atoms with Crippen molar-refractivity contribution in [1.82, 2.24) is 15.2 Å². The molecule has 0 aromatic carbocycles. The number of likely N-dealkylation sites (tertiary alicyclic amines) is 1. The molecule has 4 heteroatoms. The molecule has 17 heavy (non-hydrogen) atoms. The molecule has 0 amide bonds. The summed E-state index contributed by atoms with van der Waals surface area (Å²) >= 11 is 1.73. The van der Waals surface area contributed by atoms with Crippen LogP contribution in [-0.2, 0) is 6.54 Å². The first-order chi connectivity index (χ1) is 8.34. The minimum absolute atomic E-state index is 0.925. The van der Waals surface area contributed by atoms with E-state index in [-0.39, 0.29) is 0 Å². The maximum atomic E-state index is 4.26. The summed E-state index contributed by atoms with van der Waals surface area (Å²) in [6.45, 7) is 8.24. The zero-order valence-corrected chi connectivity index (χ0v) is 11.5. The zero-order valence-electron chi connectivity index (χ0n) is 10.7. The lowest BCUT2D eigenvalue weighted by Crippen LogP contribution is -2.34. The van der Waals surface area contributed by atoms with Gasteiger partial charge in [-0.2, -0.15) is 0 Å². The van der Waals surface area contributed by atoms with Gasteiger partial charge in [0, 0.05) is 18.1 Å². The van der Waals surface area contributed by atoms with Gasteiger partial charge in [-0.1, -0.05) is 6.92 Å². The molecule has 0 spiro atoms. The Labute approximate surface area is 108 Å². The highest BCUT2D eigenvalue weighted by atomic mass is 32.1. The van der Waals surface area contributed by atoms with Crippen molar-refractivity contribution in [3.63, 3.8) is 0 Å². The summed E-state index contributed by atoms with van der Waals surface area (Å²) in [5.74, 6) is 0.939. The molecule has 3 nitrogen and oxygen atoms in total. The van der Waals surface area contributed by atoms with E-state index < -0.39 is 0 Å². The Hall–Kier alpha value is -0.450. The number of aromatic nitrogens is 1. The zero-order chi connectivity index (χ0) is 11.9. The normalized spacial score (nSPS) is 18.6. The average molecular weight is 253 g/mol. The average Bonchev–Trinajstić information content (AvgIpc) is 2.84. The lowest BCUT2D eigenvalue weighted by molar-refractivity contribution is 0.190. The minimum Gasteiger partial charge on any atom is -0.310 e. The third-order valence-electron chi connectivity index (χ3n) is 3.46. The maximum Gasteiger partial charge on any atom is 0.106 e. The number of hydrogen-bond donors (Lipinski definition) is 1. The predicted molar refractivity (Wildman–Crippen MR) is 73.3 cm³/mol. The Morgan fingerprint density at radius 3 is 3.00 bits per heavy atom. The van der Waals surface area contributed by atoms with Crippen LogP contribution < -0.4 is 5.32 Å². The van der Waals surface area contributed by atoms with Crippen LogP contribution in [0.5, 0.6) is 0 Å². The summed E-state index contributed by atoms with van der Waals surface area (Å²) in [7, 11) is 0. The smallest absolute Gasteiger partial charge is 0.106 e. The third-order valence-corrected chi connectivity index (χ3v) is 4.24. The second-order valence-electron chi connectivity index (χ2n) is 4.98. The van der Waals surface area contributed by atoms with E-state index in [0.29, 0.717) is 0 Å². The van der Waals surface area contributed by atoms with Crippen LogP contribution in [0.2, 0.25) is 0 Å². The van der Waals surface area contributed by atoms with Gasteiger partial charge in [-0.15, -0.1) is 11.3 Å². The van der Waals surface area contributed by atoms with Crippen LogP contribution in [0.15, 0.2) is 11.6 Å². The van der Waals surface area contributed by atoms with Crippen LogP contribution in [0.3, 0.4) is 0 Å². The molecule has 1 aliphatic heterocycles. The second kappa shape index (κ2) is 7.09. The number of piperidine rings is 1. The van der Waals surface area contributed by atoms with Crippen molar-refractivity contribution in [1.29, 1.82) is 0 Å². The van der Waals surface area contributed by atoms with E-state index in [1.807, 2.05) is 11.6 Å². The third kappa shape index (κ3) is 4.74. The first-order valence-electron chi connectivity index (χ1n) is 6.66. The molecule has 1 fully saturated rings. The molecular formula is C13H23N3S. The van der Waals surface area contributed by atoms with Crippen molar-refractivity contribution in [2.45, 2.75) is 32.7 Å². The number of rotatable bonds is 6. The monoisotopic (exact) mass is 253 g/mol. The quantitative estimate of drug-likeness (QED) is 0.789. The maximum absolute atomic E-state index is 4.26. The molecule has 1 aromatic rings. The van der Waals surface area contributed by atoms with Crippen molar-refractivity contribution in [2.24, 2.45) is 5.92 Å². The van der Waals surface area contributed by atoms with Gasteiger partial charge < -0.3 is 10.2 Å². The van der Waals surface area contributed by atoms with Gasteiger partial charge in [-0.25, -0.2) is 4.98 Å². The summed E-state index contributed by atoms with van der Waals surface area (Å²) in [6.07, 6.45) is 5.88. The molecule has 0 bridgehead atoms. The fourth-order valence-corrected chi connectivity index (χ4v) is 2.83. The SMILES string of the molecule is CC1CCN(CCCNCc2nccs2)CC1. The van der Waals surface area contributed by atoms with Gasteiger partial charge in [0.15, 0.2) is 0 Å². The molecular weight excluding hydrogens is 230 g/mol. The van der Waals surface area contributed by atoms with Crippen LogP contribution >= 0.6 is 11.3 Å². The topological polar surface area (TPSA) is 28.2 Å². The number of nitrogens with one attached hydrogen (secondary N) is 1. The molecule has 2 heterocycles. The van der Waals surface area contributed by atoms with E-state index >= 15 is 0 Å². The molecule has 0 saturated carbocycles. The van der Waals surface area contributed by atoms with E-state index in [1.54, 1.807) is 11.3 Å². The molecule has 0 aliphatic carbocycles. The van der Waals surface area contributed by atoms with Crippen molar-refractivity contribution in [3.05, 3.63) is 16.6 Å². The Kier molecular flexibility index (Phi) is 5.42. The molecule has 1 N–H and O–H groups in total. The first-order valence-corrected chi connectivity index (χ1v) is 7.54. The molecule has 2 rings (SSSR count). The highest BCUT2D eigenvalue weighted by Gasteiger charge is 2.14. The highest BCUT2D eigenvalue weighted by Crippen LogP contribution is 2.15.